The molecule has 2 N–H and O–H groups in total. The van der Waals surface area contributed by atoms with Crippen LogP contribution in [0, 0.1) is 16.7 Å². The number of hydrogen-bond donors (Lipinski definition) is 2. The Morgan fingerprint density at radius 3 is 2.46 bits per heavy atom. The van der Waals surface area contributed by atoms with Crippen molar-refractivity contribution in [2.45, 2.75) is 43.6 Å². The van der Waals surface area contributed by atoms with E-state index in [9.17, 15) is 10.1 Å². The Kier molecular flexibility index (Phi) is 4.43. The fraction of sp³-hybridized carbons (Fsp3) is 0.348. The first-order chi connectivity index (χ1) is 13.4. The van der Waals surface area contributed by atoms with Crippen LogP contribution in [0.4, 0.5) is 0 Å². The second kappa shape index (κ2) is 6.79. The molecule has 5 heteroatoms. The lowest BCUT2D eigenvalue weighted by Crippen LogP contribution is -2.62. The topological polar surface area (TPSA) is 80.0 Å². The molecular weight excluding hydrogens is 348 g/mol. The second-order valence-corrected chi connectivity index (χ2v) is 7.99. The van der Waals surface area contributed by atoms with Gasteiger partial charge in [0.15, 0.2) is 5.96 Å². The van der Waals surface area contributed by atoms with Gasteiger partial charge in [-0.2, -0.15) is 5.26 Å². The van der Waals surface area contributed by atoms with Gasteiger partial charge in [0.2, 0.25) is 5.91 Å². The van der Waals surface area contributed by atoms with E-state index in [4.69, 9.17) is 5.41 Å². The van der Waals surface area contributed by atoms with Crippen LogP contribution in [0.5, 0.6) is 0 Å². The van der Waals surface area contributed by atoms with Gasteiger partial charge in [-0.25, -0.2) is 0 Å². The van der Waals surface area contributed by atoms with Crippen molar-refractivity contribution < 1.29 is 4.79 Å². The molecule has 2 aromatic carbocycles. The molecule has 2 fully saturated rings. The fourth-order valence-electron chi connectivity index (χ4n) is 4.28. The summed E-state index contributed by atoms with van der Waals surface area (Å²) in [6.07, 6.45) is 3.77. The van der Waals surface area contributed by atoms with Gasteiger partial charge in [0.25, 0.3) is 0 Å². The number of nitrogens with zero attached hydrogens (tertiary/aromatic N) is 2. The molecule has 1 amide bonds. The Hall–Kier alpha value is -3.13. The van der Waals surface area contributed by atoms with Crippen molar-refractivity contribution in [3.8, 4) is 6.07 Å². The number of amides is 1. The lowest BCUT2D eigenvalue weighted by atomic mass is 9.72. The molecule has 0 unspecified atom stereocenters. The van der Waals surface area contributed by atoms with Crippen LogP contribution >= 0.6 is 0 Å². The Balaban J connectivity index is 1.79. The summed E-state index contributed by atoms with van der Waals surface area (Å²) in [6, 6.07) is 17.8. The maximum atomic E-state index is 13.2. The molecule has 0 spiro atoms. The van der Waals surface area contributed by atoms with Gasteiger partial charge in [-0.3, -0.25) is 15.1 Å². The average molecular weight is 372 g/mol. The Bertz CT molecular complexity index is 971. The summed E-state index contributed by atoms with van der Waals surface area (Å²) in [4.78, 5) is 14.6. The smallest absolute Gasteiger partial charge is 0.239 e. The van der Waals surface area contributed by atoms with Crippen LogP contribution in [-0.4, -0.2) is 23.8 Å². The number of likely N-dealkylation sites (N-methyl/N-ethyl adjacent to an activating group) is 1. The predicted molar refractivity (Wildman–Crippen MR) is 108 cm³/mol. The Morgan fingerprint density at radius 1 is 1.18 bits per heavy atom. The van der Waals surface area contributed by atoms with Crippen molar-refractivity contribution >= 4 is 11.9 Å². The minimum Gasteiger partial charge on any atom is -0.346 e. The summed E-state index contributed by atoms with van der Waals surface area (Å²) in [5.41, 5.74) is 2.81. The number of benzene rings is 2. The third-order valence-corrected chi connectivity index (χ3v) is 6.31. The average Bonchev–Trinajstić information content (AvgIpc) is 2.66. The van der Waals surface area contributed by atoms with E-state index < -0.39 is 11.5 Å². The summed E-state index contributed by atoms with van der Waals surface area (Å²) < 4.78 is 0. The minimum absolute atomic E-state index is 0.0669. The quantitative estimate of drug-likeness (QED) is 0.859. The lowest BCUT2D eigenvalue weighted by molar-refractivity contribution is -0.131. The molecule has 4 rings (SSSR count). The van der Waals surface area contributed by atoms with E-state index in [1.165, 1.54) is 29.7 Å². The third-order valence-electron chi connectivity index (χ3n) is 6.31. The first-order valence-corrected chi connectivity index (χ1v) is 9.69. The monoisotopic (exact) mass is 372 g/mol. The van der Waals surface area contributed by atoms with E-state index in [1.54, 1.807) is 19.2 Å². The normalized spacial score (nSPS) is 25.0. The third kappa shape index (κ3) is 2.86. The molecule has 1 saturated heterocycles. The van der Waals surface area contributed by atoms with Crippen molar-refractivity contribution in [3.05, 3.63) is 70.8 Å². The molecule has 5 nitrogen and oxygen atoms in total. The first-order valence-electron chi connectivity index (χ1n) is 9.69. The van der Waals surface area contributed by atoms with E-state index in [0.29, 0.717) is 11.5 Å². The van der Waals surface area contributed by atoms with Crippen molar-refractivity contribution in [2.24, 2.45) is 0 Å². The maximum Gasteiger partial charge on any atom is 0.239 e. The highest BCUT2D eigenvalue weighted by Crippen LogP contribution is 2.42. The van der Waals surface area contributed by atoms with Gasteiger partial charge in [0.05, 0.1) is 23.1 Å². The zero-order chi connectivity index (χ0) is 19.9. The number of nitriles is 1. The van der Waals surface area contributed by atoms with Crippen LogP contribution in [-0.2, 0) is 10.3 Å². The Labute approximate surface area is 165 Å². The molecule has 1 aliphatic carbocycles. The number of nitrogens with one attached hydrogen (secondary N) is 2. The van der Waals surface area contributed by atoms with Crippen LogP contribution in [0.25, 0.3) is 0 Å². The summed E-state index contributed by atoms with van der Waals surface area (Å²) in [7, 11) is 1.62. The van der Waals surface area contributed by atoms with Crippen molar-refractivity contribution in [1.82, 2.24) is 10.2 Å². The van der Waals surface area contributed by atoms with E-state index in [0.717, 1.165) is 11.1 Å². The summed E-state index contributed by atoms with van der Waals surface area (Å²) in [5.74, 6) is 0.0990. The zero-order valence-corrected chi connectivity index (χ0v) is 16.2. The predicted octanol–water partition coefficient (Wildman–Crippen LogP) is 3.82. The van der Waals surface area contributed by atoms with Gasteiger partial charge in [0, 0.05) is 7.05 Å². The van der Waals surface area contributed by atoms with Crippen LogP contribution in [0.15, 0.2) is 48.5 Å². The highest BCUT2D eigenvalue weighted by Gasteiger charge is 2.48. The van der Waals surface area contributed by atoms with Crippen LogP contribution in [0.3, 0.4) is 0 Å². The molecule has 1 saturated carbocycles. The lowest BCUT2D eigenvalue weighted by Gasteiger charge is -2.46. The molecule has 1 heterocycles. The molecule has 142 valence electrons. The number of hydrogen-bond acceptors (Lipinski definition) is 3. The van der Waals surface area contributed by atoms with Crippen molar-refractivity contribution in [3.63, 3.8) is 0 Å². The van der Waals surface area contributed by atoms with Gasteiger partial charge in [-0.1, -0.05) is 42.8 Å². The van der Waals surface area contributed by atoms with E-state index >= 15 is 0 Å². The van der Waals surface area contributed by atoms with Crippen LogP contribution in [0.1, 0.15) is 60.3 Å². The van der Waals surface area contributed by atoms with Gasteiger partial charge < -0.3 is 5.32 Å². The van der Waals surface area contributed by atoms with Crippen LogP contribution < -0.4 is 5.32 Å². The molecule has 0 bridgehead atoms. The fourth-order valence-corrected chi connectivity index (χ4v) is 4.28. The molecular formula is C23H24N4O. The highest BCUT2D eigenvalue weighted by atomic mass is 16.2. The molecule has 0 radical (unpaired) electrons. The standard InChI is InChI=1S/C23H24N4O/c1-23(19-8-3-5-15(13-19)14-24)20(21(28)27(2)22(25)26-23)18-11-9-17(10-12-18)16-6-4-7-16/h3,5,8-13,16,20H,4,6-7H2,1-2H3,(H2,25,26)/t20-,23+/m0/s1. The molecule has 2 aromatic rings. The van der Waals surface area contributed by atoms with Gasteiger partial charge >= 0.3 is 0 Å². The van der Waals surface area contributed by atoms with Crippen molar-refractivity contribution in [2.75, 3.05) is 7.05 Å². The minimum atomic E-state index is -0.814. The summed E-state index contributed by atoms with van der Waals surface area (Å²) in [5, 5.41) is 20.8. The Morgan fingerprint density at radius 2 is 1.86 bits per heavy atom. The largest absolute Gasteiger partial charge is 0.346 e. The molecule has 1 aliphatic heterocycles. The summed E-state index contributed by atoms with van der Waals surface area (Å²) in [6.45, 7) is 1.94. The van der Waals surface area contributed by atoms with Crippen molar-refractivity contribution in [1.29, 1.82) is 10.7 Å². The SMILES string of the molecule is CN1C(=N)N[C@](C)(c2cccc(C#N)c2)[C@@H](c2ccc(C3CCC3)cc2)C1=O. The molecule has 2 aliphatic rings. The molecule has 28 heavy (non-hydrogen) atoms. The number of carbonyl (C=O) groups excluding carboxylic acids is 1. The highest BCUT2D eigenvalue weighted by molar-refractivity contribution is 6.02. The van der Waals surface area contributed by atoms with E-state index in [-0.39, 0.29) is 11.9 Å². The first kappa shape index (κ1) is 18.2. The number of guanidine groups is 1. The second-order valence-electron chi connectivity index (χ2n) is 7.99. The number of rotatable bonds is 3. The van der Waals surface area contributed by atoms with E-state index in [1.807, 2.05) is 31.2 Å². The maximum absolute atomic E-state index is 13.2. The van der Waals surface area contributed by atoms with Crippen LogP contribution in [0.2, 0.25) is 0 Å². The zero-order valence-electron chi connectivity index (χ0n) is 16.2. The van der Waals surface area contributed by atoms with E-state index in [2.05, 4.69) is 23.5 Å². The van der Waals surface area contributed by atoms with Gasteiger partial charge in [-0.05, 0) is 54.5 Å². The van der Waals surface area contributed by atoms with Gasteiger partial charge in [0.1, 0.15) is 0 Å². The summed E-state index contributed by atoms with van der Waals surface area (Å²) >= 11 is 0. The molecule has 0 aromatic heterocycles. The number of carbonyl (C=O) groups is 1. The molecule has 2 atom stereocenters. The van der Waals surface area contributed by atoms with Gasteiger partial charge in [-0.15, -0.1) is 0 Å².